The maximum absolute atomic E-state index is 11.0. The third-order valence-electron chi connectivity index (χ3n) is 0.428. The van der Waals surface area contributed by atoms with Gasteiger partial charge >= 0.3 is 0 Å². The number of ketones is 1. The lowest BCUT2D eigenvalue weighted by molar-refractivity contribution is -0.119. The van der Waals surface area contributed by atoms with Crippen LogP contribution in [0.5, 0.6) is 0 Å². The van der Waals surface area contributed by atoms with E-state index in [1.165, 1.54) is 0 Å². The standard InChI is InChI=1S/C4H6FO/c1-2-4(6)3-5/h1-3H2. The molecule has 0 fully saturated rings. The Morgan fingerprint density at radius 1 is 1.83 bits per heavy atom. The van der Waals surface area contributed by atoms with E-state index < -0.39 is 12.5 Å². The zero-order valence-corrected chi connectivity index (χ0v) is 3.41. The van der Waals surface area contributed by atoms with Crippen LogP contribution in [0.1, 0.15) is 6.42 Å². The summed E-state index contributed by atoms with van der Waals surface area (Å²) < 4.78 is 11.0. The summed E-state index contributed by atoms with van der Waals surface area (Å²) in [6, 6.07) is 0. The molecular formula is C4H6FO. The summed E-state index contributed by atoms with van der Waals surface area (Å²) >= 11 is 0. The molecule has 35 valence electrons. The Hall–Kier alpha value is -0.400. The van der Waals surface area contributed by atoms with Crippen LogP contribution in [0.15, 0.2) is 0 Å². The summed E-state index contributed by atoms with van der Waals surface area (Å²) in [4.78, 5) is 9.74. The molecule has 2 heteroatoms. The van der Waals surface area contributed by atoms with E-state index in [2.05, 4.69) is 6.92 Å². The molecule has 0 amide bonds. The highest BCUT2D eigenvalue weighted by atomic mass is 19.1. The largest absolute Gasteiger partial charge is 0.297 e. The monoisotopic (exact) mass is 89.0 g/mol. The van der Waals surface area contributed by atoms with E-state index >= 15 is 0 Å². The Morgan fingerprint density at radius 2 is 2.33 bits per heavy atom. The smallest absolute Gasteiger partial charge is 0.163 e. The second-order valence-corrected chi connectivity index (χ2v) is 0.922. The number of alkyl halides is 1. The number of rotatable bonds is 2. The lowest BCUT2D eigenvalue weighted by Crippen LogP contribution is -1.94. The normalized spacial score (nSPS) is 8.33. The average Bonchev–Trinajstić information content (AvgIpc) is 1.65. The first-order chi connectivity index (χ1) is 2.81. The molecule has 0 N–H and O–H groups in total. The Morgan fingerprint density at radius 3 is 2.33 bits per heavy atom. The molecular weight excluding hydrogens is 83.0 g/mol. The highest BCUT2D eigenvalue weighted by Crippen LogP contribution is 1.77. The maximum Gasteiger partial charge on any atom is 0.163 e. The summed E-state index contributed by atoms with van der Waals surface area (Å²) in [5.74, 6) is -0.435. The van der Waals surface area contributed by atoms with E-state index in [0.717, 1.165) is 0 Å². The average molecular weight is 89.1 g/mol. The predicted molar refractivity (Wildman–Crippen MR) is 21.0 cm³/mol. The van der Waals surface area contributed by atoms with E-state index in [9.17, 15) is 9.18 Å². The minimum Gasteiger partial charge on any atom is -0.297 e. The number of hydrogen-bond acceptors (Lipinski definition) is 1. The van der Waals surface area contributed by atoms with E-state index in [1.807, 2.05) is 0 Å². The molecule has 0 saturated heterocycles. The van der Waals surface area contributed by atoms with Crippen molar-refractivity contribution in [2.45, 2.75) is 6.42 Å². The Kier molecular flexibility index (Phi) is 2.63. The Labute approximate surface area is 36.2 Å². The number of hydrogen-bond donors (Lipinski definition) is 0. The van der Waals surface area contributed by atoms with Gasteiger partial charge in [0.1, 0.15) is 6.67 Å². The molecule has 0 atom stereocenters. The molecule has 0 aromatic heterocycles. The van der Waals surface area contributed by atoms with Gasteiger partial charge in [0.2, 0.25) is 0 Å². The molecule has 0 aliphatic rings. The topological polar surface area (TPSA) is 17.1 Å². The van der Waals surface area contributed by atoms with E-state index in [-0.39, 0.29) is 6.42 Å². The molecule has 0 aliphatic carbocycles. The van der Waals surface area contributed by atoms with Crippen LogP contribution in [0.4, 0.5) is 4.39 Å². The van der Waals surface area contributed by atoms with Crippen LogP contribution in [0, 0.1) is 6.92 Å². The van der Waals surface area contributed by atoms with E-state index in [1.54, 1.807) is 0 Å². The van der Waals surface area contributed by atoms with Crippen molar-refractivity contribution >= 4 is 5.78 Å². The second-order valence-electron chi connectivity index (χ2n) is 0.922. The minimum absolute atomic E-state index is 0.0660. The van der Waals surface area contributed by atoms with Gasteiger partial charge in [-0.25, -0.2) is 4.39 Å². The van der Waals surface area contributed by atoms with Crippen molar-refractivity contribution in [1.29, 1.82) is 0 Å². The van der Waals surface area contributed by atoms with Crippen molar-refractivity contribution in [2.75, 3.05) is 6.67 Å². The molecule has 0 aromatic carbocycles. The van der Waals surface area contributed by atoms with Gasteiger partial charge in [-0.1, -0.05) is 0 Å². The van der Waals surface area contributed by atoms with Gasteiger partial charge in [0.05, 0.1) is 0 Å². The molecule has 0 rings (SSSR count). The summed E-state index contributed by atoms with van der Waals surface area (Å²) in [5, 5.41) is 0. The van der Waals surface area contributed by atoms with Crippen LogP contribution >= 0.6 is 0 Å². The van der Waals surface area contributed by atoms with Gasteiger partial charge in [0, 0.05) is 6.42 Å². The zero-order valence-electron chi connectivity index (χ0n) is 3.41. The maximum atomic E-state index is 11.0. The van der Waals surface area contributed by atoms with E-state index in [4.69, 9.17) is 0 Å². The van der Waals surface area contributed by atoms with Crippen molar-refractivity contribution in [2.24, 2.45) is 0 Å². The first-order valence-electron chi connectivity index (χ1n) is 1.68. The van der Waals surface area contributed by atoms with Crippen molar-refractivity contribution in [3.63, 3.8) is 0 Å². The van der Waals surface area contributed by atoms with Gasteiger partial charge in [-0.3, -0.25) is 4.79 Å². The predicted octanol–water partition coefficient (Wildman–Crippen LogP) is 0.749. The fourth-order valence-electron chi connectivity index (χ4n) is 0.0668. The molecule has 0 unspecified atom stereocenters. The van der Waals surface area contributed by atoms with Crippen LogP contribution in [-0.4, -0.2) is 12.5 Å². The van der Waals surface area contributed by atoms with Crippen LogP contribution in [0.3, 0.4) is 0 Å². The van der Waals surface area contributed by atoms with Gasteiger partial charge in [-0.2, -0.15) is 0 Å². The molecule has 0 aromatic rings. The highest BCUT2D eigenvalue weighted by Gasteiger charge is 1.90. The van der Waals surface area contributed by atoms with Crippen LogP contribution in [0.25, 0.3) is 0 Å². The van der Waals surface area contributed by atoms with Crippen LogP contribution in [-0.2, 0) is 4.79 Å². The molecule has 6 heavy (non-hydrogen) atoms. The van der Waals surface area contributed by atoms with Crippen LogP contribution < -0.4 is 0 Å². The summed E-state index contributed by atoms with van der Waals surface area (Å²) in [5.41, 5.74) is 0. The molecule has 0 bridgehead atoms. The first kappa shape index (κ1) is 5.60. The zero-order chi connectivity index (χ0) is 4.99. The van der Waals surface area contributed by atoms with Crippen molar-refractivity contribution < 1.29 is 9.18 Å². The van der Waals surface area contributed by atoms with Gasteiger partial charge in [0.15, 0.2) is 5.78 Å². The summed E-state index contributed by atoms with van der Waals surface area (Å²) in [6.07, 6.45) is 0.0660. The highest BCUT2D eigenvalue weighted by molar-refractivity contribution is 5.79. The minimum atomic E-state index is -0.872. The molecule has 0 aliphatic heterocycles. The fraction of sp³-hybridized carbons (Fsp3) is 0.500. The number of halogens is 1. The Balaban J connectivity index is 2.99. The summed E-state index contributed by atoms with van der Waals surface area (Å²) in [7, 11) is 0. The van der Waals surface area contributed by atoms with Gasteiger partial charge < -0.3 is 0 Å². The van der Waals surface area contributed by atoms with E-state index in [0.29, 0.717) is 0 Å². The fourth-order valence-corrected chi connectivity index (χ4v) is 0.0668. The third-order valence-corrected chi connectivity index (χ3v) is 0.428. The van der Waals surface area contributed by atoms with Crippen molar-refractivity contribution in [1.82, 2.24) is 0 Å². The number of carbonyl (C=O) groups excluding carboxylic acids is 1. The third kappa shape index (κ3) is 1.88. The summed E-state index contributed by atoms with van der Waals surface area (Å²) in [6.45, 7) is 2.30. The molecule has 1 radical (unpaired) electrons. The number of carbonyl (C=O) groups is 1. The lowest BCUT2D eigenvalue weighted by atomic mass is 10.3. The lowest BCUT2D eigenvalue weighted by Gasteiger charge is -1.78. The quantitative estimate of drug-likeness (QED) is 0.488. The van der Waals surface area contributed by atoms with Gasteiger partial charge in [-0.15, -0.1) is 0 Å². The number of Topliss-reactive ketones (excluding diaryl/α,β-unsaturated/α-hetero) is 1. The van der Waals surface area contributed by atoms with Crippen LogP contribution in [0.2, 0.25) is 0 Å². The molecule has 0 saturated carbocycles. The SMILES string of the molecule is [CH2]CC(=O)CF. The Bertz CT molecular complexity index is 45.5. The van der Waals surface area contributed by atoms with Gasteiger partial charge in [-0.05, 0) is 6.92 Å². The molecule has 0 spiro atoms. The van der Waals surface area contributed by atoms with Crippen molar-refractivity contribution in [3.05, 3.63) is 6.92 Å². The van der Waals surface area contributed by atoms with Crippen molar-refractivity contribution in [3.8, 4) is 0 Å². The molecule has 0 heterocycles. The van der Waals surface area contributed by atoms with Gasteiger partial charge in [0.25, 0.3) is 0 Å². The second kappa shape index (κ2) is 2.82. The molecule has 1 nitrogen and oxygen atoms in total. The first-order valence-corrected chi connectivity index (χ1v) is 1.68.